The van der Waals surface area contributed by atoms with Gasteiger partial charge >= 0.3 is 0 Å². The van der Waals surface area contributed by atoms with Gasteiger partial charge in [0.1, 0.15) is 11.2 Å². The maximum Gasteiger partial charge on any atom is 0.135 e. The maximum atomic E-state index is 5.81. The van der Waals surface area contributed by atoms with Crippen LogP contribution >= 0.6 is 0 Å². The molecule has 15 heavy (non-hydrogen) atoms. The first-order valence-electron chi connectivity index (χ1n) is 5.14. The van der Waals surface area contributed by atoms with Crippen molar-refractivity contribution in [3.05, 3.63) is 47.5 Å². The highest BCUT2D eigenvalue weighted by molar-refractivity contribution is 6.06. The third kappa shape index (κ3) is 1.16. The van der Waals surface area contributed by atoms with Crippen LogP contribution in [0.3, 0.4) is 0 Å². The number of furan rings is 1. The van der Waals surface area contributed by atoms with Crippen LogP contribution in [0.2, 0.25) is 0 Å². The lowest BCUT2D eigenvalue weighted by atomic mass is 10.1. The standard InChI is InChI=1S/C14H12O/c1-9-6-7-11-13(8-9)15-12-5-3-4-10(2)14(11)12/h3-8H,1-2H3. The second-order valence-corrected chi connectivity index (χ2v) is 4.05. The third-order valence-corrected chi connectivity index (χ3v) is 2.86. The molecule has 1 heterocycles. The van der Waals surface area contributed by atoms with E-state index in [0.29, 0.717) is 0 Å². The van der Waals surface area contributed by atoms with E-state index in [9.17, 15) is 0 Å². The molecule has 0 atom stereocenters. The van der Waals surface area contributed by atoms with Crippen molar-refractivity contribution in [3.8, 4) is 0 Å². The Morgan fingerprint density at radius 2 is 1.80 bits per heavy atom. The minimum atomic E-state index is 0.982. The Morgan fingerprint density at radius 1 is 0.933 bits per heavy atom. The first-order chi connectivity index (χ1) is 7.25. The van der Waals surface area contributed by atoms with Gasteiger partial charge in [0.05, 0.1) is 0 Å². The summed E-state index contributed by atoms with van der Waals surface area (Å²) in [5, 5.41) is 2.46. The van der Waals surface area contributed by atoms with E-state index in [1.165, 1.54) is 21.9 Å². The summed E-state index contributed by atoms with van der Waals surface area (Å²) in [5.74, 6) is 0. The van der Waals surface area contributed by atoms with E-state index >= 15 is 0 Å². The van der Waals surface area contributed by atoms with Crippen LogP contribution in [0, 0.1) is 13.8 Å². The van der Waals surface area contributed by atoms with Crippen molar-refractivity contribution >= 4 is 21.9 Å². The first kappa shape index (κ1) is 8.54. The van der Waals surface area contributed by atoms with Crippen molar-refractivity contribution in [1.29, 1.82) is 0 Å². The third-order valence-electron chi connectivity index (χ3n) is 2.86. The van der Waals surface area contributed by atoms with Gasteiger partial charge in [-0.2, -0.15) is 0 Å². The molecule has 2 aromatic carbocycles. The van der Waals surface area contributed by atoms with Crippen LogP contribution < -0.4 is 0 Å². The molecule has 0 N–H and O–H groups in total. The molecule has 1 aromatic heterocycles. The fourth-order valence-corrected chi connectivity index (χ4v) is 2.11. The van der Waals surface area contributed by atoms with E-state index in [2.05, 4.69) is 38.1 Å². The summed E-state index contributed by atoms with van der Waals surface area (Å²) in [7, 11) is 0. The average molecular weight is 196 g/mol. The predicted octanol–water partition coefficient (Wildman–Crippen LogP) is 4.20. The lowest BCUT2D eigenvalue weighted by molar-refractivity contribution is 0.668. The summed E-state index contributed by atoms with van der Waals surface area (Å²) in [5.41, 5.74) is 4.48. The Bertz CT molecular complexity index is 647. The van der Waals surface area contributed by atoms with Gasteiger partial charge in [-0.3, -0.25) is 0 Å². The molecule has 0 bridgehead atoms. The highest BCUT2D eigenvalue weighted by Gasteiger charge is 2.07. The molecular weight excluding hydrogens is 184 g/mol. The molecule has 3 aromatic rings. The molecule has 0 amide bonds. The van der Waals surface area contributed by atoms with Crippen LogP contribution in [-0.2, 0) is 0 Å². The number of rotatable bonds is 0. The van der Waals surface area contributed by atoms with Crippen molar-refractivity contribution in [1.82, 2.24) is 0 Å². The molecule has 74 valence electrons. The van der Waals surface area contributed by atoms with Gasteiger partial charge in [0.15, 0.2) is 0 Å². The zero-order valence-corrected chi connectivity index (χ0v) is 8.87. The van der Waals surface area contributed by atoms with E-state index in [-0.39, 0.29) is 0 Å². The van der Waals surface area contributed by atoms with Gasteiger partial charge in [0.2, 0.25) is 0 Å². The Morgan fingerprint density at radius 3 is 2.67 bits per heavy atom. The molecular formula is C14H12O. The van der Waals surface area contributed by atoms with E-state index in [4.69, 9.17) is 4.42 Å². The summed E-state index contributed by atoms with van der Waals surface area (Å²) in [6.45, 7) is 4.20. The predicted molar refractivity (Wildman–Crippen MR) is 63.2 cm³/mol. The quantitative estimate of drug-likeness (QED) is 0.525. The monoisotopic (exact) mass is 196 g/mol. The average Bonchev–Trinajstić information content (AvgIpc) is 2.56. The second-order valence-electron chi connectivity index (χ2n) is 4.05. The van der Waals surface area contributed by atoms with Gasteiger partial charge < -0.3 is 4.42 Å². The number of fused-ring (bicyclic) bond motifs is 3. The summed E-state index contributed by atoms with van der Waals surface area (Å²) in [6, 6.07) is 12.5. The molecule has 0 aliphatic carbocycles. The fraction of sp³-hybridized carbons (Fsp3) is 0.143. The van der Waals surface area contributed by atoms with Crippen LogP contribution in [0.5, 0.6) is 0 Å². The van der Waals surface area contributed by atoms with Crippen molar-refractivity contribution in [2.24, 2.45) is 0 Å². The molecule has 1 heteroatoms. The number of hydrogen-bond acceptors (Lipinski definition) is 1. The van der Waals surface area contributed by atoms with E-state index in [0.717, 1.165) is 11.2 Å². The Labute approximate surface area is 88.3 Å². The molecule has 0 aliphatic rings. The van der Waals surface area contributed by atoms with Crippen molar-refractivity contribution < 1.29 is 4.42 Å². The number of hydrogen-bond donors (Lipinski definition) is 0. The molecule has 0 saturated heterocycles. The van der Waals surface area contributed by atoms with Gasteiger partial charge in [-0.25, -0.2) is 0 Å². The Kier molecular flexibility index (Phi) is 1.63. The van der Waals surface area contributed by atoms with Crippen molar-refractivity contribution in [2.45, 2.75) is 13.8 Å². The molecule has 0 aliphatic heterocycles. The smallest absolute Gasteiger partial charge is 0.135 e. The van der Waals surface area contributed by atoms with E-state index < -0.39 is 0 Å². The molecule has 0 spiro atoms. The highest BCUT2D eigenvalue weighted by atomic mass is 16.3. The summed E-state index contributed by atoms with van der Waals surface area (Å²) < 4.78 is 5.81. The normalized spacial score (nSPS) is 11.3. The Hall–Kier alpha value is -1.76. The van der Waals surface area contributed by atoms with Crippen LogP contribution in [-0.4, -0.2) is 0 Å². The highest BCUT2D eigenvalue weighted by Crippen LogP contribution is 2.31. The maximum absolute atomic E-state index is 5.81. The van der Waals surface area contributed by atoms with Gasteiger partial charge in [-0.15, -0.1) is 0 Å². The summed E-state index contributed by atoms with van der Waals surface area (Å²) in [6.07, 6.45) is 0. The van der Waals surface area contributed by atoms with Gasteiger partial charge in [0, 0.05) is 10.8 Å². The lowest BCUT2D eigenvalue weighted by Crippen LogP contribution is -1.73. The zero-order valence-electron chi connectivity index (χ0n) is 8.87. The van der Waals surface area contributed by atoms with Crippen molar-refractivity contribution in [3.63, 3.8) is 0 Å². The number of aryl methyl sites for hydroxylation is 2. The zero-order chi connectivity index (χ0) is 10.4. The van der Waals surface area contributed by atoms with Crippen LogP contribution in [0.4, 0.5) is 0 Å². The van der Waals surface area contributed by atoms with Gasteiger partial charge in [0.25, 0.3) is 0 Å². The van der Waals surface area contributed by atoms with Gasteiger partial charge in [-0.1, -0.05) is 24.3 Å². The SMILES string of the molecule is Cc1ccc2c(c1)oc1cccc(C)c12. The van der Waals surface area contributed by atoms with Gasteiger partial charge in [-0.05, 0) is 37.1 Å². The molecule has 1 nitrogen and oxygen atoms in total. The summed E-state index contributed by atoms with van der Waals surface area (Å²) >= 11 is 0. The molecule has 3 rings (SSSR count). The molecule has 0 radical (unpaired) electrons. The topological polar surface area (TPSA) is 13.1 Å². The van der Waals surface area contributed by atoms with Crippen LogP contribution in [0.1, 0.15) is 11.1 Å². The first-order valence-corrected chi connectivity index (χ1v) is 5.14. The Balaban J connectivity index is 2.59. The molecule has 0 unspecified atom stereocenters. The largest absolute Gasteiger partial charge is 0.456 e. The van der Waals surface area contributed by atoms with Crippen molar-refractivity contribution in [2.75, 3.05) is 0 Å². The molecule has 0 saturated carbocycles. The molecule has 0 fully saturated rings. The second kappa shape index (κ2) is 2.86. The fourth-order valence-electron chi connectivity index (χ4n) is 2.11. The van der Waals surface area contributed by atoms with Crippen LogP contribution in [0.25, 0.3) is 21.9 Å². The summed E-state index contributed by atoms with van der Waals surface area (Å²) in [4.78, 5) is 0. The van der Waals surface area contributed by atoms with Crippen LogP contribution in [0.15, 0.2) is 40.8 Å². The van der Waals surface area contributed by atoms with E-state index in [1.807, 2.05) is 12.1 Å². The van der Waals surface area contributed by atoms with E-state index in [1.54, 1.807) is 0 Å². The number of benzene rings is 2. The lowest BCUT2D eigenvalue weighted by Gasteiger charge is -1.94. The minimum absolute atomic E-state index is 0.982. The minimum Gasteiger partial charge on any atom is -0.456 e.